The molecule has 1 aromatic rings. The molecule has 0 radical (unpaired) electrons. The minimum absolute atomic E-state index is 0.200. The van der Waals surface area contributed by atoms with Crippen LogP contribution < -0.4 is 10.1 Å². The predicted octanol–water partition coefficient (Wildman–Crippen LogP) is 2.36. The monoisotopic (exact) mass is 289 g/mol. The van der Waals surface area contributed by atoms with Crippen molar-refractivity contribution in [1.82, 2.24) is 5.32 Å². The Morgan fingerprint density at radius 1 is 1.30 bits per heavy atom. The zero-order valence-electron chi connectivity index (χ0n) is 10.5. The fourth-order valence-electron chi connectivity index (χ4n) is 2.43. The average Bonchev–Trinajstić information content (AvgIpc) is 2.38. The molecular formula is C13H14F3NO3. The Morgan fingerprint density at radius 3 is 2.50 bits per heavy atom. The largest absolute Gasteiger partial charge is 0.573 e. The molecule has 2 rings (SSSR count). The van der Waals surface area contributed by atoms with Crippen LogP contribution in [0.1, 0.15) is 17.9 Å². The third-order valence-electron chi connectivity index (χ3n) is 3.34. The molecule has 110 valence electrons. The van der Waals surface area contributed by atoms with E-state index in [0.29, 0.717) is 25.1 Å². The fourth-order valence-corrected chi connectivity index (χ4v) is 2.43. The molecule has 2 N–H and O–H groups in total. The van der Waals surface area contributed by atoms with Crippen LogP contribution in [0.4, 0.5) is 13.2 Å². The van der Waals surface area contributed by atoms with E-state index in [1.165, 1.54) is 24.3 Å². The molecule has 0 aliphatic carbocycles. The van der Waals surface area contributed by atoms with E-state index < -0.39 is 18.2 Å². The third-order valence-corrected chi connectivity index (χ3v) is 3.34. The molecule has 0 amide bonds. The molecule has 0 bridgehead atoms. The maximum atomic E-state index is 12.1. The first-order chi connectivity index (χ1) is 9.37. The van der Waals surface area contributed by atoms with Crippen LogP contribution in [-0.4, -0.2) is 30.5 Å². The van der Waals surface area contributed by atoms with Gasteiger partial charge in [-0.3, -0.25) is 4.79 Å². The van der Waals surface area contributed by atoms with Gasteiger partial charge in [-0.1, -0.05) is 12.1 Å². The van der Waals surface area contributed by atoms with Crippen LogP contribution in [0.15, 0.2) is 24.3 Å². The van der Waals surface area contributed by atoms with Gasteiger partial charge in [-0.15, -0.1) is 13.2 Å². The first-order valence-electron chi connectivity index (χ1n) is 6.16. The van der Waals surface area contributed by atoms with Crippen LogP contribution in [0.2, 0.25) is 0 Å². The Balaban J connectivity index is 2.14. The van der Waals surface area contributed by atoms with Crippen molar-refractivity contribution in [3.05, 3.63) is 29.8 Å². The van der Waals surface area contributed by atoms with Gasteiger partial charge in [0.15, 0.2) is 0 Å². The first kappa shape index (κ1) is 14.6. The summed E-state index contributed by atoms with van der Waals surface area (Å²) in [4.78, 5) is 11.2. The number of benzene rings is 1. The van der Waals surface area contributed by atoms with Gasteiger partial charge in [0.1, 0.15) is 5.75 Å². The van der Waals surface area contributed by atoms with Gasteiger partial charge in [0, 0.05) is 6.54 Å². The number of carbonyl (C=O) groups is 1. The highest BCUT2D eigenvalue weighted by atomic mass is 19.4. The Bertz CT molecular complexity index is 473. The van der Waals surface area contributed by atoms with Crippen LogP contribution in [-0.2, 0) is 4.79 Å². The number of aliphatic carboxylic acids is 1. The lowest BCUT2D eigenvalue weighted by atomic mass is 9.81. The van der Waals surface area contributed by atoms with E-state index in [4.69, 9.17) is 5.11 Å². The summed E-state index contributed by atoms with van der Waals surface area (Å²) >= 11 is 0. The number of ether oxygens (including phenoxy) is 1. The molecule has 1 aromatic carbocycles. The van der Waals surface area contributed by atoms with Crippen molar-refractivity contribution in [2.75, 3.05) is 13.1 Å². The Labute approximate surface area is 113 Å². The second kappa shape index (κ2) is 5.70. The topological polar surface area (TPSA) is 58.6 Å². The standard InChI is InChI=1S/C13H14F3NO3/c14-13(15,16)20-9-3-1-8(2-4-9)10-5-6-17-7-11(10)12(18)19/h1-4,10-11,17H,5-7H2,(H,18,19). The summed E-state index contributed by atoms with van der Waals surface area (Å²) < 4.78 is 40.0. The first-order valence-corrected chi connectivity index (χ1v) is 6.16. The normalized spacial score (nSPS) is 23.4. The summed E-state index contributed by atoms with van der Waals surface area (Å²) in [7, 11) is 0. The molecule has 1 saturated heterocycles. The van der Waals surface area contributed by atoms with E-state index in [1.54, 1.807) is 0 Å². The van der Waals surface area contributed by atoms with Gasteiger partial charge in [0.2, 0.25) is 0 Å². The van der Waals surface area contributed by atoms with Crippen molar-refractivity contribution < 1.29 is 27.8 Å². The minimum Gasteiger partial charge on any atom is -0.481 e. The predicted molar refractivity (Wildman–Crippen MR) is 64.5 cm³/mol. The number of nitrogens with one attached hydrogen (secondary N) is 1. The van der Waals surface area contributed by atoms with E-state index in [9.17, 15) is 18.0 Å². The molecule has 0 saturated carbocycles. The summed E-state index contributed by atoms with van der Waals surface area (Å²) in [5.41, 5.74) is 0.716. The van der Waals surface area contributed by atoms with Gasteiger partial charge in [0.05, 0.1) is 5.92 Å². The highest BCUT2D eigenvalue weighted by Crippen LogP contribution is 2.32. The molecule has 20 heavy (non-hydrogen) atoms. The van der Waals surface area contributed by atoms with Gasteiger partial charge in [-0.25, -0.2) is 0 Å². The van der Waals surface area contributed by atoms with Gasteiger partial charge in [-0.2, -0.15) is 0 Å². The maximum absolute atomic E-state index is 12.1. The van der Waals surface area contributed by atoms with Crippen molar-refractivity contribution >= 4 is 5.97 Å². The SMILES string of the molecule is O=C(O)C1CNCCC1c1ccc(OC(F)(F)F)cc1. The molecule has 4 nitrogen and oxygen atoms in total. The van der Waals surface area contributed by atoms with Crippen LogP contribution in [0.3, 0.4) is 0 Å². The molecule has 1 heterocycles. The van der Waals surface area contributed by atoms with Crippen molar-refractivity contribution in [3.63, 3.8) is 0 Å². The molecule has 7 heteroatoms. The maximum Gasteiger partial charge on any atom is 0.573 e. The van der Waals surface area contributed by atoms with Gasteiger partial charge in [0.25, 0.3) is 0 Å². The van der Waals surface area contributed by atoms with E-state index in [-0.39, 0.29) is 11.7 Å². The van der Waals surface area contributed by atoms with Crippen LogP contribution in [0, 0.1) is 5.92 Å². The third kappa shape index (κ3) is 3.63. The van der Waals surface area contributed by atoms with Crippen LogP contribution >= 0.6 is 0 Å². The van der Waals surface area contributed by atoms with Gasteiger partial charge in [-0.05, 0) is 36.6 Å². The number of carboxylic acids is 1. The van der Waals surface area contributed by atoms with Crippen molar-refractivity contribution in [2.24, 2.45) is 5.92 Å². The van der Waals surface area contributed by atoms with Crippen LogP contribution in [0.5, 0.6) is 5.75 Å². The molecule has 2 atom stereocenters. The lowest BCUT2D eigenvalue weighted by Gasteiger charge is -2.29. The summed E-state index contributed by atoms with van der Waals surface area (Å²) in [6.07, 6.45) is -4.09. The summed E-state index contributed by atoms with van der Waals surface area (Å²) in [6.45, 7) is 1.05. The number of piperidine rings is 1. The van der Waals surface area contributed by atoms with E-state index in [1.807, 2.05) is 0 Å². The lowest BCUT2D eigenvalue weighted by molar-refractivity contribution is -0.274. The summed E-state index contributed by atoms with van der Waals surface area (Å²) in [5, 5.41) is 12.2. The second-order valence-electron chi connectivity index (χ2n) is 4.66. The highest BCUT2D eigenvalue weighted by molar-refractivity contribution is 5.72. The van der Waals surface area contributed by atoms with E-state index >= 15 is 0 Å². The zero-order valence-corrected chi connectivity index (χ0v) is 10.5. The molecule has 0 spiro atoms. The number of rotatable bonds is 3. The quantitative estimate of drug-likeness (QED) is 0.897. The smallest absolute Gasteiger partial charge is 0.481 e. The van der Waals surface area contributed by atoms with E-state index in [2.05, 4.69) is 10.1 Å². The summed E-state index contributed by atoms with van der Waals surface area (Å²) in [5.74, 6) is -1.98. The average molecular weight is 289 g/mol. The highest BCUT2D eigenvalue weighted by Gasteiger charge is 2.33. The van der Waals surface area contributed by atoms with Gasteiger partial charge < -0.3 is 15.2 Å². The number of alkyl halides is 3. The number of hydrogen-bond donors (Lipinski definition) is 2. The number of halogens is 3. The number of hydrogen-bond acceptors (Lipinski definition) is 3. The minimum atomic E-state index is -4.72. The van der Waals surface area contributed by atoms with Crippen molar-refractivity contribution in [3.8, 4) is 5.75 Å². The zero-order chi connectivity index (χ0) is 14.8. The van der Waals surface area contributed by atoms with Gasteiger partial charge >= 0.3 is 12.3 Å². The Morgan fingerprint density at radius 2 is 1.95 bits per heavy atom. The van der Waals surface area contributed by atoms with Crippen LogP contribution in [0.25, 0.3) is 0 Å². The van der Waals surface area contributed by atoms with Crippen molar-refractivity contribution in [1.29, 1.82) is 0 Å². The molecule has 0 aromatic heterocycles. The Kier molecular flexibility index (Phi) is 4.17. The Hall–Kier alpha value is -1.76. The second-order valence-corrected chi connectivity index (χ2v) is 4.66. The molecule has 1 aliphatic heterocycles. The molecular weight excluding hydrogens is 275 g/mol. The van der Waals surface area contributed by atoms with E-state index in [0.717, 1.165) is 0 Å². The molecule has 2 unspecified atom stereocenters. The van der Waals surface area contributed by atoms with Crippen molar-refractivity contribution in [2.45, 2.75) is 18.7 Å². The number of carboxylic acid groups (broad SMARTS) is 1. The lowest BCUT2D eigenvalue weighted by Crippen LogP contribution is -2.39. The molecule has 1 aliphatic rings. The summed E-state index contributed by atoms with van der Waals surface area (Å²) in [6, 6.07) is 5.41. The fraction of sp³-hybridized carbons (Fsp3) is 0.462. The molecule has 1 fully saturated rings.